The van der Waals surface area contributed by atoms with Gasteiger partial charge in [-0.25, -0.2) is 0 Å². The minimum Gasteiger partial charge on any atom is -0.298 e. The Kier molecular flexibility index (Phi) is 5.51. The molecule has 0 aliphatic heterocycles. The maximum Gasteiger partial charge on any atom is 0.148 e. The second kappa shape index (κ2) is 6.41. The van der Waals surface area contributed by atoms with Crippen LogP contribution in [0.3, 0.4) is 0 Å². The van der Waals surface area contributed by atoms with Gasteiger partial charge in [-0.05, 0) is 18.8 Å². The summed E-state index contributed by atoms with van der Waals surface area (Å²) in [5, 5.41) is 0. The van der Waals surface area contributed by atoms with Crippen LogP contribution in [-0.4, -0.2) is 21.5 Å². The molecule has 1 aliphatic rings. The van der Waals surface area contributed by atoms with Crippen LogP contribution in [0.2, 0.25) is 0 Å². The Balaban J connectivity index is 2.30. The number of carbonyl (C=O) groups excluding carboxylic acids is 1. The van der Waals surface area contributed by atoms with Gasteiger partial charge in [-0.3, -0.25) is 9.00 Å². The quantitative estimate of drug-likeness (QED) is 0.727. The zero-order valence-corrected chi connectivity index (χ0v) is 10.6. The Hall–Kier alpha value is -0.180. The molecule has 88 valence electrons. The number of rotatable bonds is 5. The number of hydrogen-bond donors (Lipinski definition) is 0. The summed E-state index contributed by atoms with van der Waals surface area (Å²) in [7, 11) is -0.931. The van der Waals surface area contributed by atoms with Gasteiger partial charge in [0.1, 0.15) is 5.78 Å². The molecule has 1 fully saturated rings. The summed E-state index contributed by atoms with van der Waals surface area (Å²) >= 11 is 0. The first-order valence-corrected chi connectivity index (χ1v) is 7.46. The van der Waals surface area contributed by atoms with Gasteiger partial charge in [0.05, 0.1) is 5.75 Å². The maximum absolute atomic E-state index is 11.8. The van der Waals surface area contributed by atoms with Crippen molar-refractivity contribution in [3.05, 3.63) is 0 Å². The summed E-state index contributed by atoms with van der Waals surface area (Å²) in [6.07, 6.45) is 5.66. The lowest BCUT2D eigenvalue weighted by molar-refractivity contribution is -0.121. The van der Waals surface area contributed by atoms with Crippen molar-refractivity contribution < 1.29 is 9.00 Å². The molecule has 0 radical (unpaired) electrons. The van der Waals surface area contributed by atoms with Crippen molar-refractivity contribution in [3.63, 3.8) is 0 Å². The van der Waals surface area contributed by atoms with Crippen LogP contribution in [0.15, 0.2) is 0 Å². The smallest absolute Gasteiger partial charge is 0.148 e. The summed E-state index contributed by atoms with van der Waals surface area (Å²) in [6, 6.07) is 0. The van der Waals surface area contributed by atoms with Crippen molar-refractivity contribution in [2.24, 2.45) is 11.8 Å². The molecule has 0 bridgehead atoms. The molecule has 0 amide bonds. The topological polar surface area (TPSA) is 34.1 Å². The Morgan fingerprint density at radius 2 is 1.87 bits per heavy atom. The van der Waals surface area contributed by atoms with Gasteiger partial charge in [0.2, 0.25) is 0 Å². The minimum absolute atomic E-state index is 0.217. The lowest BCUT2D eigenvalue weighted by Gasteiger charge is -2.20. The molecule has 0 heterocycles. The second-order valence-electron chi connectivity index (χ2n) is 4.95. The van der Waals surface area contributed by atoms with Crippen LogP contribution in [0, 0.1) is 11.8 Å². The fourth-order valence-electron chi connectivity index (χ4n) is 2.13. The summed E-state index contributed by atoms with van der Waals surface area (Å²) in [6.45, 7) is 4.09. The maximum atomic E-state index is 11.8. The highest BCUT2D eigenvalue weighted by Gasteiger charge is 2.22. The highest BCUT2D eigenvalue weighted by molar-refractivity contribution is 7.85. The second-order valence-corrected chi connectivity index (χ2v) is 6.45. The molecule has 0 aromatic carbocycles. The third kappa shape index (κ3) is 4.92. The number of Topliss-reactive ketones (excluding diaryl/α,β-unsaturated/α-hetero) is 1. The van der Waals surface area contributed by atoms with Crippen LogP contribution >= 0.6 is 0 Å². The third-order valence-electron chi connectivity index (χ3n) is 2.88. The van der Waals surface area contributed by atoms with Crippen LogP contribution in [0.4, 0.5) is 0 Å². The highest BCUT2D eigenvalue weighted by atomic mass is 32.2. The monoisotopic (exact) mass is 230 g/mol. The van der Waals surface area contributed by atoms with Crippen molar-refractivity contribution >= 4 is 16.6 Å². The largest absolute Gasteiger partial charge is 0.298 e. The number of carbonyl (C=O) groups is 1. The van der Waals surface area contributed by atoms with Crippen molar-refractivity contribution in [1.82, 2.24) is 0 Å². The molecule has 15 heavy (non-hydrogen) atoms. The lowest BCUT2D eigenvalue weighted by atomic mass is 9.87. The van der Waals surface area contributed by atoms with E-state index in [1.165, 1.54) is 19.3 Å². The standard InChI is InChI=1S/C12H22O2S/c1-10(2)8-15(14)9-12(13)11-6-4-3-5-7-11/h10-11H,3-9H2,1-2H3. The molecule has 1 atom stereocenters. The predicted molar refractivity (Wildman–Crippen MR) is 64.3 cm³/mol. The van der Waals surface area contributed by atoms with Crippen LogP contribution in [-0.2, 0) is 15.6 Å². The van der Waals surface area contributed by atoms with Gasteiger partial charge >= 0.3 is 0 Å². The van der Waals surface area contributed by atoms with E-state index in [-0.39, 0.29) is 11.7 Å². The van der Waals surface area contributed by atoms with E-state index in [1.54, 1.807) is 0 Å². The first-order valence-electron chi connectivity index (χ1n) is 5.97. The molecule has 0 aromatic rings. The molecule has 0 spiro atoms. The molecule has 0 saturated heterocycles. The normalized spacial score (nSPS) is 20.5. The molecular weight excluding hydrogens is 208 g/mol. The van der Waals surface area contributed by atoms with Crippen molar-refractivity contribution in [2.45, 2.75) is 46.0 Å². The molecule has 0 N–H and O–H groups in total. The van der Waals surface area contributed by atoms with Crippen LogP contribution in [0.5, 0.6) is 0 Å². The van der Waals surface area contributed by atoms with E-state index >= 15 is 0 Å². The van der Waals surface area contributed by atoms with E-state index in [0.29, 0.717) is 17.4 Å². The van der Waals surface area contributed by atoms with Crippen molar-refractivity contribution in [3.8, 4) is 0 Å². The summed E-state index contributed by atoms with van der Waals surface area (Å²) in [5.74, 6) is 1.84. The van der Waals surface area contributed by atoms with E-state index in [0.717, 1.165) is 12.8 Å². The van der Waals surface area contributed by atoms with Gasteiger partial charge in [0.15, 0.2) is 0 Å². The Labute approximate surface area is 95.3 Å². The van der Waals surface area contributed by atoms with E-state index in [9.17, 15) is 9.00 Å². The first-order chi connectivity index (χ1) is 7.09. The fraction of sp³-hybridized carbons (Fsp3) is 0.917. The summed E-state index contributed by atoms with van der Waals surface area (Å²) < 4.78 is 11.6. The van der Waals surface area contributed by atoms with Crippen LogP contribution in [0.1, 0.15) is 46.0 Å². The van der Waals surface area contributed by atoms with Gasteiger partial charge in [-0.1, -0.05) is 33.1 Å². The number of ketones is 1. The van der Waals surface area contributed by atoms with Crippen LogP contribution < -0.4 is 0 Å². The van der Waals surface area contributed by atoms with E-state index in [1.807, 2.05) is 13.8 Å². The Morgan fingerprint density at radius 1 is 1.27 bits per heavy atom. The van der Waals surface area contributed by atoms with Crippen molar-refractivity contribution in [1.29, 1.82) is 0 Å². The summed E-state index contributed by atoms with van der Waals surface area (Å²) in [5.41, 5.74) is 0. The van der Waals surface area contributed by atoms with Gasteiger partial charge in [0, 0.05) is 22.5 Å². The molecule has 1 saturated carbocycles. The van der Waals surface area contributed by atoms with Crippen molar-refractivity contribution in [2.75, 3.05) is 11.5 Å². The molecule has 0 aromatic heterocycles. The SMILES string of the molecule is CC(C)CS(=O)CC(=O)C1CCCCC1. The average molecular weight is 230 g/mol. The highest BCUT2D eigenvalue weighted by Crippen LogP contribution is 2.24. The van der Waals surface area contributed by atoms with Gasteiger partial charge in [-0.2, -0.15) is 0 Å². The molecule has 1 unspecified atom stereocenters. The van der Waals surface area contributed by atoms with E-state index in [4.69, 9.17) is 0 Å². The fourth-order valence-corrected chi connectivity index (χ4v) is 3.55. The summed E-state index contributed by atoms with van der Waals surface area (Å²) in [4.78, 5) is 11.8. The van der Waals surface area contributed by atoms with Gasteiger partial charge in [-0.15, -0.1) is 0 Å². The Morgan fingerprint density at radius 3 is 2.40 bits per heavy atom. The molecule has 1 aliphatic carbocycles. The molecule has 3 heteroatoms. The molecule has 2 nitrogen and oxygen atoms in total. The van der Waals surface area contributed by atoms with E-state index < -0.39 is 10.8 Å². The minimum atomic E-state index is -0.931. The third-order valence-corrected chi connectivity index (χ3v) is 4.53. The zero-order chi connectivity index (χ0) is 11.3. The van der Waals surface area contributed by atoms with Crippen LogP contribution in [0.25, 0.3) is 0 Å². The molecule has 1 rings (SSSR count). The van der Waals surface area contributed by atoms with Gasteiger partial charge < -0.3 is 0 Å². The number of hydrogen-bond acceptors (Lipinski definition) is 2. The average Bonchev–Trinajstić information content (AvgIpc) is 2.17. The lowest BCUT2D eigenvalue weighted by Crippen LogP contribution is -2.24. The predicted octanol–water partition coefficient (Wildman–Crippen LogP) is 2.54. The molecular formula is C12H22O2S. The van der Waals surface area contributed by atoms with Gasteiger partial charge in [0.25, 0.3) is 0 Å². The Bertz CT molecular complexity index is 230. The first kappa shape index (κ1) is 12.9. The van der Waals surface area contributed by atoms with E-state index in [2.05, 4.69) is 0 Å². The zero-order valence-electron chi connectivity index (χ0n) is 9.83.